The highest BCUT2D eigenvalue weighted by Crippen LogP contribution is 2.16. The summed E-state index contributed by atoms with van der Waals surface area (Å²) in [6.07, 6.45) is 0. The van der Waals surface area contributed by atoms with Crippen molar-refractivity contribution in [3.05, 3.63) is 64.2 Å². The third-order valence-corrected chi connectivity index (χ3v) is 4.69. The lowest BCUT2D eigenvalue weighted by molar-refractivity contribution is 0.102. The number of halogens is 1. The van der Waals surface area contributed by atoms with Crippen LogP contribution in [0.1, 0.15) is 21.5 Å². The van der Waals surface area contributed by atoms with E-state index < -0.39 is 10.8 Å². The molecule has 0 spiro atoms. The van der Waals surface area contributed by atoms with Crippen LogP contribution >= 0.6 is 11.6 Å². The molecule has 104 valence electrons. The van der Waals surface area contributed by atoms with Crippen LogP contribution in [0.25, 0.3) is 0 Å². The number of hydrogen-bond donors (Lipinski definition) is 0. The van der Waals surface area contributed by atoms with E-state index in [1.165, 1.54) is 0 Å². The number of rotatable bonds is 4. The number of aryl methyl sites for hydroxylation is 2. The van der Waals surface area contributed by atoms with Gasteiger partial charge in [-0.2, -0.15) is 0 Å². The molecule has 0 aliphatic carbocycles. The maximum Gasteiger partial charge on any atom is 0.175 e. The van der Waals surface area contributed by atoms with Crippen molar-refractivity contribution in [3.8, 4) is 0 Å². The number of carbonyl (C=O) groups is 1. The second-order valence-electron chi connectivity index (χ2n) is 4.67. The van der Waals surface area contributed by atoms with Crippen LogP contribution < -0.4 is 0 Å². The van der Waals surface area contributed by atoms with Crippen LogP contribution in [0.5, 0.6) is 0 Å². The molecule has 0 aromatic heterocycles. The minimum Gasteiger partial charge on any atom is -0.293 e. The van der Waals surface area contributed by atoms with Gasteiger partial charge in [-0.05, 0) is 49.2 Å². The van der Waals surface area contributed by atoms with Gasteiger partial charge in [0.25, 0.3) is 0 Å². The lowest BCUT2D eigenvalue weighted by Crippen LogP contribution is -2.11. The van der Waals surface area contributed by atoms with E-state index in [-0.39, 0.29) is 11.5 Å². The Morgan fingerprint density at radius 1 is 1.10 bits per heavy atom. The van der Waals surface area contributed by atoms with Crippen LogP contribution in [-0.4, -0.2) is 15.7 Å². The summed E-state index contributed by atoms with van der Waals surface area (Å²) in [5.74, 6) is -0.188. The zero-order valence-electron chi connectivity index (χ0n) is 11.4. The summed E-state index contributed by atoms with van der Waals surface area (Å²) in [5, 5.41) is 0.507. The number of hydrogen-bond acceptors (Lipinski definition) is 2. The smallest absolute Gasteiger partial charge is 0.175 e. The highest BCUT2D eigenvalue weighted by Gasteiger charge is 2.13. The number of ketones is 1. The van der Waals surface area contributed by atoms with Gasteiger partial charge >= 0.3 is 0 Å². The molecule has 0 saturated heterocycles. The van der Waals surface area contributed by atoms with Gasteiger partial charge in [0.05, 0.1) is 16.6 Å². The van der Waals surface area contributed by atoms with Crippen LogP contribution in [0.4, 0.5) is 0 Å². The van der Waals surface area contributed by atoms with Gasteiger partial charge in [-0.15, -0.1) is 0 Å². The molecule has 0 fully saturated rings. The van der Waals surface area contributed by atoms with Gasteiger partial charge in [0.1, 0.15) is 0 Å². The van der Waals surface area contributed by atoms with Gasteiger partial charge in [-0.3, -0.25) is 9.00 Å². The number of carbonyl (C=O) groups excluding carboxylic acids is 1. The Hall–Kier alpha value is -1.45. The Bertz CT molecular complexity index is 680. The van der Waals surface area contributed by atoms with Crippen LogP contribution in [0.2, 0.25) is 5.02 Å². The van der Waals surface area contributed by atoms with Crippen LogP contribution in [0.15, 0.2) is 47.4 Å². The van der Waals surface area contributed by atoms with Gasteiger partial charge in [0, 0.05) is 15.5 Å². The van der Waals surface area contributed by atoms with Crippen molar-refractivity contribution >= 4 is 28.2 Å². The normalized spacial score (nSPS) is 12.2. The number of benzene rings is 2. The summed E-state index contributed by atoms with van der Waals surface area (Å²) in [5.41, 5.74) is 2.72. The quantitative estimate of drug-likeness (QED) is 0.802. The van der Waals surface area contributed by atoms with E-state index in [4.69, 9.17) is 11.6 Å². The van der Waals surface area contributed by atoms with Crippen LogP contribution in [-0.2, 0) is 10.8 Å². The maximum absolute atomic E-state index is 12.2. The zero-order chi connectivity index (χ0) is 14.7. The summed E-state index contributed by atoms with van der Waals surface area (Å²) in [6.45, 7) is 3.97. The Morgan fingerprint density at radius 3 is 2.50 bits per heavy atom. The molecule has 0 aliphatic rings. The summed E-state index contributed by atoms with van der Waals surface area (Å²) >= 11 is 5.85. The second kappa shape index (κ2) is 6.33. The zero-order valence-corrected chi connectivity index (χ0v) is 12.9. The first-order chi connectivity index (χ1) is 9.47. The Balaban J connectivity index is 2.15. The largest absolute Gasteiger partial charge is 0.293 e. The van der Waals surface area contributed by atoms with E-state index in [0.29, 0.717) is 15.5 Å². The molecule has 0 bridgehead atoms. The molecule has 0 N–H and O–H groups in total. The fraction of sp³-hybridized carbons (Fsp3) is 0.188. The first-order valence-electron chi connectivity index (χ1n) is 6.22. The van der Waals surface area contributed by atoms with E-state index in [1.807, 2.05) is 32.0 Å². The van der Waals surface area contributed by atoms with Gasteiger partial charge in [0.2, 0.25) is 0 Å². The molecule has 2 nitrogen and oxygen atoms in total. The molecule has 2 rings (SSSR count). The van der Waals surface area contributed by atoms with Crippen molar-refractivity contribution in [3.63, 3.8) is 0 Å². The van der Waals surface area contributed by atoms with Crippen molar-refractivity contribution in [1.29, 1.82) is 0 Å². The molecular formula is C16H15ClO2S. The van der Waals surface area contributed by atoms with Gasteiger partial charge in [-0.25, -0.2) is 0 Å². The molecule has 20 heavy (non-hydrogen) atoms. The Labute approximate surface area is 126 Å². The van der Waals surface area contributed by atoms with E-state index in [1.54, 1.807) is 24.3 Å². The standard InChI is InChI=1S/C16H15ClO2S/c1-11-6-7-15(8-12(11)2)20(19)10-16(18)13-4-3-5-14(17)9-13/h3-9H,10H2,1-2H3. The summed E-state index contributed by atoms with van der Waals surface area (Å²) < 4.78 is 12.2. The van der Waals surface area contributed by atoms with Crippen molar-refractivity contribution in [1.82, 2.24) is 0 Å². The third kappa shape index (κ3) is 3.56. The molecule has 0 heterocycles. The van der Waals surface area contributed by atoms with Crippen molar-refractivity contribution in [2.24, 2.45) is 0 Å². The first-order valence-corrected chi connectivity index (χ1v) is 7.91. The van der Waals surface area contributed by atoms with Gasteiger partial charge < -0.3 is 0 Å². The molecule has 2 aromatic carbocycles. The molecule has 0 radical (unpaired) electrons. The number of Topliss-reactive ketones (excluding diaryl/α,β-unsaturated/α-hetero) is 1. The molecule has 0 saturated carbocycles. The summed E-state index contributed by atoms with van der Waals surface area (Å²) in [7, 11) is -1.33. The second-order valence-corrected chi connectivity index (χ2v) is 6.56. The minimum absolute atomic E-state index is 0.0250. The van der Waals surface area contributed by atoms with Crippen LogP contribution in [0, 0.1) is 13.8 Å². The molecule has 4 heteroatoms. The Morgan fingerprint density at radius 2 is 1.85 bits per heavy atom. The average molecular weight is 307 g/mol. The highest BCUT2D eigenvalue weighted by atomic mass is 35.5. The molecule has 1 unspecified atom stereocenters. The molecular weight excluding hydrogens is 292 g/mol. The molecule has 0 amide bonds. The lowest BCUT2D eigenvalue weighted by Gasteiger charge is -2.05. The fourth-order valence-electron chi connectivity index (χ4n) is 1.80. The van der Waals surface area contributed by atoms with Crippen molar-refractivity contribution in [2.45, 2.75) is 18.7 Å². The summed E-state index contributed by atoms with van der Waals surface area (Å²) in [4.78, 5) is 12.8. The van der Waals surface area contributed by atoms with Gasteiger partial charge in [0.15, 0.2) is 5.78 Å². The molecule has 2 aromatic rings. The average Bonchev–Trinajstić information content (AvgIpc) is 2.41. The van der Waals surface area contributed by atoms with E-state index in [0.717, 1.165) is 11.1 Å². The maximum atomic E-state index is 12.2. The van der Waals surface area contributed by atoms with Gasteiger partial charge in [-0.1, -0.05) is 29.8 Å². The van der Waals surface area contributed by atoms with Crippen LogP contribution in [0.3, 0.4) is 0 Å². The topological polar surface area (TPSA) is 34.1 Å². The van der Waals surface area contributed by atoms with Crippen molar-refractivity contribution in [2.75, 3.05) is 5.75 Å². The first kappa shape index (κ1) is 14.9. The summed E-state index contributed by atoms with van der Waals surface area (Å²) in [6, 6.07) is 12.3. The predicted octanol–water partition coefficient (Wildman–Crippen LogP) is 3.95. The van der Waals surface area contributed by atoms with E-state index in [9.17, 15) is 9.00 Å². The molecule has 0 aliphatic heterocycles. The van der Waals surface area contributed by atoms with Crippen molar-refractivity contribution < 1.29 is 9.00 Å². The highest BCUT2D eigenvalue weighted by molar-refractivity contribution is 7.85. The molecule has 1 atom stereocenters. The third-order valence-electron chi connectivity index (χ3n) is 3.15. The Kier molecular flexibility index (Phi) is 4.73. The lowest BCUT2D eigenvalue weighted by atomic mass is 10.1. The minimum atomic E-state index is -1.33. The van der Waals surface area contributed by atoms with E-state index in [2.05, 4.69) is 0 Å². The fourth-order valence-corrected chi connectivity index (χ4v) is 3.09. The predicted molar refractivity (Wildman–Crippen MR) is 83.0 cm³/mol. The van der Waals surface area contributed by atoms with E-state index >= 15 is 0 Å². The SMILES string of the molecule is Cc1ccc(S(=O)CC(=O)c2cccc(Cl)c2)cc1C. The monoisotopic (exact) mass is 306 g/mol.